The molecule has 160 valence electrons. The van der Waals surface area contributed by atoms with Crippen LogP contribution in [-0.4, -0.2) is 56.1 Å². The molecule has 1 aromatic rings. The van der Waals surface area contributed by atoms with E-state index in [4.69, 9.17) is 9.47 Å². The quantitative estimate of drug-likeness (QED) is 0.710. The second kappa shape index (κ2) is 9.71. The summed E-state index contributed by atoms with van der Waals surface area (Å²) in [7, 11) is 1.41. The molecule has 0 saturated carbocycles. The van der Waals surface area contributed by atoms with Gasteiger partial charge in [0.1, 0.15) is 5.00 Å². The number of thiophene rings is 1. The molecule has 1 atom stereocenters. The van der Waals surface area contributed by atoms with Crippen molar-refractivity contribution in [2.75, 3.05) is 38.7 Å². The Morgan fingerprint density at radius 2 is 1.93 bits per heavy atom. The van der Waals surface area contributed by atoms with Gasteiger partial charge in [0.2, 0.25) is 5.91 Å². The number of esters is 2. The number of carbonyl (C=O) groups excluding carboxylic acids is 3. The summed E-state index contributed by atoms with van der Waals surface area (Å²) in [5.41, 5.74) is 1.58. The van der Waals surface area contributed by atoms with E-state index < -0.39 is 0 Å². The predicted octanol–water partition coefficient (Wildman–Crippen LogP) is 2.87. The van der Waals surface area contributed by atoms with E-state index >= 15 is 0 Å². The van der Waals surface area contributed by atoms with E-state index in [0.717, 1.165) is 24.8 Å². The molecule has 0 bridgehead atoms. The van der Waals surface area contributed by atoms with E-state index in [0.29, 0.717) is 49.0 Å². The zero-order chi connectivity index (χ0) is 21.0. The van der Waals surface area contributed by atoms with Gasteiger partial charge >= 0.3 is 11.9 Å². The Kier molecular flexibility index (Phi) is 7.29. The predicted molar refractivity (Wildman–Crippen MR) is 111 cm³/mol. The molecule has 1 aromatic heterocycles. The van der Waals surface area contributed by atoms with Gasteiger partial charge in [-0.3, -0.25) is 14.5 Å². The summed E-state index contributed by atoms with van der Waals surface area (Å²) in [4.78, 5) is 40.1. The highest BCUT2D eigenvalue weighted by molar-refractivity contribution is 7.17. The van der Waals surface area contributed by atoms with Gasteiger partial charge in [0.15, 0.2) is 0 Å². The van der Waals surface area contributed by atoms with E-state index in [-0.39, 0.29) is 30.3 Å². The third kappa shape index (κ3) is 5.17. The average Bonchev–Trinajstić information content (AvgIpc) is 3.04. The molecule has 0 aromatic carbocycles. The Balaban J connectivity index is 1.66. The molecule has 29 heavy (non-hydrogen) atoms. The maximum Gasteiger partial charge on any atom is 0.341 e. The van der Waals surface area contributed by atoms with Crippen molar-refractivity contribution in [3.05, 3.63) is 16.0 Å². The summed E-state index contributed by atoms with van der Waals surface area (Å²) in [6.45, 7) is 5.90. The number of hydrogen-bond acceptors (Lipinski definition) is 7. The number of amides is 1. The zero-order valence-corrected chi connectivity index (χ0v) is 18.2. The number of anilines is 1. The number of fused-ring (bicyclic) bond motifs is 1. The van der Waals surface area contributed by atoms with Crippen LogP contribution in [0.4, 0.5) is 5.00 Å². The van der Waals surface area contributed by atoms with Crippen LogP contribution in [0.5, 0.6) is 0 Å². The fourth-order valence-corrected chi connectivity index (χ4v) is 5.54. The number of carbonyl (C=O) groups is 3. The second-order valence-electron chi connectivity index (χ2n) is 7.90. The Hall–Kier alpha value is -1.93. The number of piperidine rings is 1. The molecule has 1 aliphatic heterocycles. The Labute approximate surface area is 175 Å². The number of nitrogens with zero attached hydrogens (tertiary/aromatic N) is 1. The van der Waals surface area contributed by atoms with Crippen molar-refractivity contribution in [1.82, 2.24) is 4.90 Å². The minimum atomic E-state index is -0.353. The van der Waals surface area contributed by atoms with Gasteiger partial charge in [0.25, 0.3) is 0 Å². The molecule has 8 heteroatoms. The lowest BCUT2D eigenvalue weighted by Gasteiger charge is -2.29. The molecule has 0 radical (unpaired) electrons. The average molecular weight is 423 g/mol. The van der Waals surface area contributed by atoms with E-state index in [2.05, 4.69) is 12.2 Å². The van der Waals surface area contributed by atoms with Crippen molar-refractivity contribution < 1.29 is 23.9 Å². The molecule has 7 nitrogen and oxygen atoms in total. The highest BCUT2D eigenvalue weighted by Crippen LogP contribution is 2.40. The third-order valence-corrected chi connectivity index (χ3v) is 6.90. The van der Waals surface area contributed by atoms with Gasteiger partial charge in [-0.15, -0.1) is 11.3 Å². The van der Waals surface area contributed by atoms with Crippen molar-refractivity contribution in [2.45, 2.75) is 46.0 Å². The van der Waals surface area contributed by atoms with Crippen LogP contribution in [0.3, 0.4) is 0 Å². The van der Waals surface area contributed by atoms with Crippen LogP contribution < -0.4 is 5.32 Å². The first-order valence-electron chi connectivity index (χ1n) is 10.3. The van der Waals surface area contributed by atoms with Gasteiger partial charge in [-0.25, -0.2) is 4.79 Å². The molecule has 3 rings (SSSR count). The fourth-order valence-electron chi connectivity index (χ4n) is 4.12. The normalized spacial score (nSPS) is 20.0. The lowest BCUT2D eigenvalue weighted by molar-refractivity contribution is -0.147. The van der Waals surface area contributed by atoms with Gasteiger partial charge in [-0.05, 0) is 63.6 Å². The van der Waals surface area contributed by atoms with Crippen LogP contribution in [0.2, 0.25) is 0 Å². The first-order valence-corrected chi connectivity index (χ1v) is 11.2. The van der Waals surface area contributed by atoms with Crippen LogP contribution in [0.1, 0.15) is 53.9 Å². The largest absolute Gasteiger partial charge is 0.469 e. The highest BCUT2D eigenvalue weighted by Gasteiger charge is 2.30. The van der Waals surface area contributed by atoms with Crippen molar-refractivity contribution in [3.63, 3.8) is 0 Å². The van der Waals surface area contributed by atoms with Crippen LogP contribution in [0.25, 0.3) is 0 Å². The molecule has 2 aliphatic rings. The molecular weight excluding hydrogens is 392 g/mol. The van der Waals surface area contributed by atoms with Crippen molar-refractivity contribution in [1.29, 1.82) is 0 Å². The molecule has 0 unspecified atom stereocenters. The lowest BCUT2D eigenvalue weighted by atomic mass is 9.88. The molecule has 0 spiro atoms. The van der Waals surface area contributed by atoms with E-state index in [1.54, 1.807) is 6.92 Å². The summed E-state index contributed by atoms with van der Waals surface area (Å²) >= 11 is 1.51. The van der Waals surface area contributed by atoms with Crippen molar-refractivity contribution in [2.24, 2.45) is 11.8 Å². The topological polar surface area (TPSA) is 84.9 Å². The third-order valence-electron chi connectivity index (χ3n) is 5.73. The fraction of sp³-hybridized carbons (Fsp3) is 0.667. The van der Waals surface area contributed by atoms with Crippen LogP contribution in [-0.2, 0) is 31.9 Å². The minimum absolute atomic E-state index is 0.0826. The van der Waals surface area contributed by atoms with E-state index in [1.165, 1.54) is 23.3 Å². The molecule has 1 aliphatic carbocycles. The summed E-state index contributed by atoms with van der Waals surface area (Å²) in [6, 6.07) is 0. The Morgan fingerprint density at radius 3 is 2.59 bits per heavy atom. The number of likely N-dealkylation sites (tertiary alicyclic amines) is 1. The van der Waals surface area contributed by atoms with E-state index in [9.17, 15) is 14.4 Å². The first-order chi connectivity index (χ1) is 13.9. The summed E-state index contributed by atoms with van der Waals surface area (Å²) in [6.07, 6.45) is 4.21. The van der Waals surface area contributed by atoms with Crippen molar-refractivity contribution in [3.8, 4) is 0 Å². The highest BCUT2D eigenvalue weighted by atomic mass is 32.1. The standard InChI is InChI=1S/C21H30N2O5S/c1-4-28-21(26)18-15-6-5-13(2)11-16(15)29-19(18)22-17(24)12-23-9-7-14(8-10-23)20(25)27-3/h13-14H,4-12H2,1-3H3,(H,22,24)/t13-/m1/s1. The number of nitrogens with one attached hydrogen (secondary N) is 1. The van der Waals surface area contributed by atoms with Gasteiger partial charge in [-0.1, -0.05) is 6.92 Å². The molecule has 1 fully saturated rings. The number of ether oxygens (including phenoxy) is 2. The Morgan fingerprint density at radius 1 is 1.21 bits per heavy atom. The van der Waals surface area contributed by atoms with E-state index in [1.807, 2.05) is 4.90 Å². The molecule has 1 amide bonds. The van der Waals surface area contributed by atoms with Crippen LogP contribution in [0.15, 0.2) is 0 Å². The monoisotopic (exact) mass is 422 g/mol. The van der Waals surface area contributed by atoms with Gasteiger partial charge in [-0.2, -0.15) is 0 Å². The molecule has 1 N–H and O–H groups in total. The number of hydrogen-bond donors (Lipinski definition) is 1. The van der Waals surface area contributed by atoms with Gasteiger partial charge < -0.3 is 14.8 Å². The maximum absolute atomic E-state index is 12.7. The molecule has 1 saturated heterocycles. The summed E-state index contributed by atoms with van der Waals surface area (Å²) in [5.74, 6) is -0.171. The Bertz CT molecular complexity index is 767. The lowest BCUT2D eigenvalue weighted by Crippen LogP contribution is -2.41. The SMILES string of the molecule is CCOC(=O)c1c(NC(=O)CN2CCC(C(=O)OC)CC2)sc2c1CC[C@@H](C)C2. The number of rotatable bonds is 6. The smallest absolute Gasteiger partial charge is 0.341 e. The molecular formula is C21H30N2O5S. The van der Waals surface area contributed by atoms with Gasteiger partial charge in [0, 0.05) is 4.88 Å². The molecule has 2 heterocycles. The second-order valence-corrected chi connectivity index (χ2v) is 9.00. The zero-order valence-electron chi connectivity index (χ0n) is 17.4. The maximum atomic E-state index is 12.7. The van der Waals surface area contributed by atoms with Crippen molar-refractivity contribution >= 4 is 34.2 Å². The summed E-state index contributed by atoms with van der Waals surface area (Å²) in [5, 5.41) is 3.57. The first kappa shape index (κ1) is 21.8. The number of methoxy groups -OCH3 is 1. The summed E-state index contributed by atoms with van der Waals surface area (Å²) < 4.78 is 10.1. The van der Waals surface area contributed by atoms with Crippen LogP contribution >= 0.6 is 11.3 Å². The van der Waals surface area contributed by atoms with Gasteiger partial charge in [0.05, 0.1) is 31.7 Å². The minimum Gasteiger partial charge on any atom is -0.469 e. The van der Waals surface area contributed by atoms with Crippen LogP contribution in [0, 0.1) is 11.8 Å².